The minimum absolute atomic E-state index is 0.0433. The number of halogens is 4. The lowest BCUT2D eigenvalue weighted by Gasteiger charge is -2.28. The summed E-state index contributed by atoms with van der Waals surface area (Å²) in [6.45, 7) is 1.64. The van der Waals surface area contributed by atoms with E-state index < -0.39 is 41.2 Å². The van der Waals surface area contributed by atoms with Crippen LogP contribution in [-0.4, -0.2) is 34.4 Å². The topological polar surface area (TPSA) is 82.5 Å². The summed E-state index contributed by atoms with van der Waals surface area (Å²) in [7, 11) is 0. The Balaban J connectivity index is 1.81. The molecule has 1 fully saturated rings. The second kappa shape index (κ2) is 10.7. The van der Waals surface area contributed by atoms with Gasteiger partial charge >= 0.3 is 18.2 Å². The second-order valence-corrected chi connectivity index (χ2v) is 10.2. The number of hydrogen-bond donors (Lipinski definition) is 2. The minimum Gasteiger partial charge on any atom is -0.481 e. The van der Waals surface area contributed by atoms with Crippen LogP contribution in [0.4, 0.5) is 33.2 Å². The molecular weight excluding hydrogens is 482 g/mol. The third kappa shape index (κ3) is 6.83. The fourth-order valence-electron chi connectivity index (χ4n) is 3.53. The van der Waals surface area contributed by atoms with E-state index in [-0.39, 0.29) is 17.6 Å². The fourth-order valence-corrected chi connectivity index (χ4v) is 5.43. The van der Waals surface area contributed by atoms with Gasteiger partial charge in [0.25, 0.3) is 0 Å². The van der Waals surface area contributed by atoms with Crippen molar-refractivity contribution in [2.24, 2.45) is 11.8 Å². The smallest absolute Gasteiger partial charge is 0.418 e. The number of hydrogen-bond acceptors (Lipinski definition) is 5. The molecule has 0 saturated heterocycles. The Kier molecular flexibility index (Phi) is 8.22. The maximum absolute atomic E-state index is 13.6. The number of aliphatic carboxylic acids is 1. The van der Waals surface area contributed by atoms with Crippen molar-refractivity contribution in [1.29, 1.82) is 0 Å². The van der Waals surface area contributed by atoms with E-state index in [2.05, 4.69) is 10.3 Å². The molecule has 0 aliphatic heterocycles. The lowest BCUT2D eigenvalue weighted by molar-refractivity contribution is -0.140. The first-order valence-electron chi connectivity index (χ1n) is 10.3. The molecule has 0 bridgehead atoms. The number of alkyl halides is 3. The highest BCUT2D eigenvalue weighted by Crippen LogP contribution is 2.39. The monoisotopic (exact) mass is 505 g/mol. The Morgan fingerprint density at radius 2 is 2.03 bits per heavy atom. The average molecular weight is 506 g/mol. The van der Waals surface area contributed by atoms with Gasteiger partial charge in [0.05, 0.1) is 27.6 Å². The number of carboxylic acids is 1. The molecule has 6 nitrogen and oxygen atoms in total. The summed E-state index contributed by atoms with van der Waals surface area (Å²) >= 11 is 2.36. The highest BCUT2D eigenvalue weighted by molar-refractivity contribution is 8.01. The van der Waals surface area contributed by atoms with Gasteiger partial charge < -0.3 is 5.11 Å². The summed E-state index contributed by atoms with van der Waals surface area (Å²) in [5.74, 6) is -2.19. The molecule has 1 atom stereocenters. The average Bonchev–Trinajstić information content (AvgIpc) is 3.41. The molecule has 180 valence electrons. The predicted molar refractivity (Wildman–Crippen MR) is 119 cm³/mol. The molecule has 0 spiro atoms. The summed E-state index contributed by atoms with van der Waals surface area (Å²) in [6.07, 6.45) is 0.116. The molecule has 2 N–H and O–H groups in total. The minimum atomic E-state index is -4.84. The number of nitrogens with one attached hydrogen (secondary N) is 1. The van der Waals surface area contributed by atoms with Crippen LogP contribution < -0.4 is 10.2 Å². The van der Waals surface area contributed by atoms with Gasteiger partial charge in [0, 0.05) is 12.3 Å². The van der Waals surface area contributed by atoms with Crippen LogP contribution >= 0.6 is 23.1 Å². The number of carboxylic acid groups (broad SMARTS) is 1. The first-order valence-corrected chi connectivity index (χ1v) is 12.1. The molecule has 12 heteroatoms. The number of carbonyl (C=O) groups is 2. The molecule has 2 aromatic rings. The van der Waals surface area contributed by atoms with Gasteiger partial charge in [-0.3, -0.25) is 15.0 Å². The first kappa shape index (κ1) is 25.3. The van der Waals surface area contributed by atoms with Crippen LogP contribution in [-0.2, 0) is 11.0 Å². The molecule has 1 saturated carbocycles. The number of nitrogens with zero attached hydrogens (tertiary/aromatic N) is 2. The van der Waals surface area contributed by atoms with Gasteiger partial charge in [-0.05, 0) is 37.0 Å². The molecule has 1 aliphatic rings. The first-order chi connectivity index (χ1) is 15.5. The number of aromatic nitrogens is 1. The fraction of sp³-hybridized carbons (Fsp3) is 0.476. The van der Waals surface area contributed by atoms with Crippen molar-refractivity contribution in [1.82, 2.24) is 4.98 Å². The van der Waals surface area contributed by atoms with Crippen LogP contribution in [0.25, 0.3) is 0 Å². The number of carbonyl (C=O) groups excluding carboxylic acids is 1. The normalized spacial score (nSPS) is 15.4. The molecule has 2 amide bonds. The van der Waals surface area contributed by atoms with E-state index in [9.17, 15) is 27.2 Å². The van der Waals surface area contributed by atoms with Crippen molar-refractivity contribution in [2.45, 2.75) is 43.0 Å². The number of amides is 2. The summed E-state index contributed by atoms with van der Waals surface area (Å²) < 4.78 is 55.1. The van der Waals surface area contributed by atoms with Crippen LogP contribution in [0.1, 0.15) is 38.2 Å². The van der Waals surface area contributed by atoms with Crippen molar-refractivity contribution < 1.29 is 32.3 Å². The van der Waals surface area contributed by atoms with Crippen molar-refractivity contribution >= 4 is 45.9 Å². The Bertz CT molecular complexity index is 993. The van der Waals surface area contributed by atoms with E-state index in [4.69, 9.17) is 5.11 Å². The van der Waals surface area contributed by atoms with Gasteiger partial charge in [0.15, 0.2) is 5.13 Å². The highest BCUT2D eigenvalue weighted by atomic mass is 32.2. The number of thiazole rings is 1. The molecular formula is C21H23F4N3O3S2. The zero-order valence-electron chi connectivity index (χ0n) is 17.7. The van der Waals surface area contributed by atoms with Gasteiger partial charge in [-0.1, -0.05) is 31.1 Å². The van der Waals surface area contributed by atoms with E-state index in [0.717, 1.165) is 54.1 Å². The Morgan fingerprint density at radius 3 is 2.67 bits per heavy atom. The molecule has 33 heavy (non-hydrogen) atoms. The number of rotatable bonds is 8. The standard InChI is InChI=1S/C21H23F4N3O3S2/c1-12(18(29)30)11-32-17-9-26-19(33-17)27-20(31)28(10-13-4-2-3-5-13)16-7-6-14(22)8-15(16)21(23,24)25/h6-9,12-13H,2-5,10-11H2,1H3,(H,29,30)(H,26,27,31). The molecule has 1 unspecified atom stereocenters. The van der Waals surface area contributed by atoms with E-state index >= 15 is 0 Å². The maximum atomic E-state index is 13.6. The Hall–Kier alpha value is -2.34. The van der Waals surface area contributed by atoms with Crippen LogP contribution in [0.3, 0.4) is 0 Å². The van der Waals surface area contributed by atoms with Crippen molar-refractivity contribution in [3.8, 4) is 0 Å². The highest BCUT2D eigenvalue weighted by Gasteiger charge is 2.37. The second-order valence-electron chi connectivity index (χ2n) is 7.89. The lowest BCUT2D eigenvalue weighted by Crippen LogP contribution is -2.39. The van der Waals surface area contributed by atoms with Gasteiger partial charge in [0.1, 0.15) is 5.82 Å². The third-order valence-corrected chi connectivity index (χ3v) is 7.68. The van der Waals surface area contributed by atoms with Crippen LogP contribution in [0, 0.1) is 17.7 Å². The van der Waals surface area contributed by atoms with Crippen LogP contribution in [0.2, 0.25) is 0 Å². The van der Waals surface area contributed by atoms with Gasteiger partial charge in [0.2, 0.25) is 0 Å². The molecule has 1 aromatic carbocycles. The molecule has 3 rings (SSSR count). The zero-order valence-corrected chi connectivity index (χ0v) is 19.3. The predicted octanol–water partition coefficient (Wildman–Crippen LogP) is 6.34. The number of thioether (sulfide) groups is 1. The quantitative estimate of drug-likeness (QED) is 0.323. The summed E-state index contributed by atoms with van der Waals surface area (Å²) in [6, 6.07) is 1.49. The number of benzene rings is 1. The zero-order chi connectivity index (χ0) is 24.2. The summed E-state index contributed by atoms with van der Waals surface area (Å²) in [4.78, 5) is 29.1. The lowest BCUT2D eigenvalue weighted by atomic mass is 10.1. The van der Waals surface area contributed by atoms with Crippen molar-refractivity contribution in [3.05, 3.63) is 35.8 Å². The summed E-state index contributed by atoms with van der Waals surface area (Å²) in [5.41, 5.74) is -1.62. The molecule has 1 aromatic heterocycles. The van der Waals surface area contributed by atoms with E-state index in [0.29, 0.717) is 16.0 Å². The van der Waals surface area contributed by atoms with Crippen LogP contribution in [0.5, 0.6) is 0 Å². The SMILES string of the molecule is CC(CSc1cnc(NC(=O)N(CC2CCCC2)c2ccc(F)cc2C(F)(F)F)s1)C(=O)O. The van der Waals surface area contributed by atoms with E-state index in [1.54, 1.807) is 6.92 Å². The van der Waals surface area contributed by atoms with Crippen molar-refractivity contribution in [3.63, 3.8) is 0 Å². The number of anilines is 2. The third-order valence-electron chi connectivity index (χ3n) is 5.31. The van der Waals surface area contributed by atoms with Crippen LogP contribution in [0.15, 0.2) is 28.6 Å². The molecule has 1 heterocycles. The molecule has 0 radical (unpaired) electrons. The largest absolute Gasteiger partial charge is 0.481 e. The Labute approximate surface area is 196 Å². The maximum Gasteiger partial charge on any atom is 0.418 e. The Morgan fingerprint density at radius 1 is 1.33 bits per heavy atom. The summed E-state index contributed by atoms with van der Waals surface area (Å²) in [5, 5.41) is 11.7. The van der Waals surface area contributed by atoms with Gasteiger partial charge in [-0.2, -0.15) is 13.2 Å². The number of urea groups is 1. The van der Waals surface area contributed by atoms with Gasteiger partial charge in [-0.15, -0.1) is 11.8 Å². The van der Waals surface area contributed by atoms with Gasteiger partial charge in [-0.25, -0.2) is 14.2 Å². The van der Waals surface area contributed by atoms with Crippen molar-refractivity contribution in [2.75, 3.05) is 22.5 Å². The van der Waals surface area contributed by atoms with E-state index in [1.165, 1.54) is 18.0 Å². The van der Waals surface area contributed by atoms with E-state index in [1.807, 2.05) is 0 Å². The molecule has 1 aliphatic carbocycles.